The van der Waals surface area contributed by atoms with Crippen LogP contribution < -0.4 is 5.32 Å². The van der Waals surface area contributed by atoms with E-state index in [1.165, 1.54) is 12.8 Å². The molecule has 14 heavy (non-hydrogen) atoms. The molecule has 0 bridgehead atoms. The minimum Gasteiger partial charge on any atom is -0.349 e. The smallest absolute Gasteiger partial charge is 0.251 e. The van der Waals surface area contributed by atoms with E-state index in [0.29, 0.717) is 11.6 Å². The fourth-order valence-electron chi connectivity index (χ4n) is 1.87. The summed E-state index contributed by atoms with van der Waals surface area (Å²) in [5.41, 5.74) is 0.708. The van der Waals surface area contributed by atoms with Gasteiger partial charge < -0.3 is 5.32 Å². The summed E-state index contributed by atoms with van der Waals surface area (Å²) in [7, 11) is 0. The van der Waals surface area contributed by atoms with Gasteiger partial charge in [-0.1, -0.05) is 25.0 Å². The molecule has 1 radical (unpaired) electrons. The number of benzene rings is 1. The monoisotopic (exact) mass is 188 g/mol. The minimum absolute atomic E-state index is 0.0359. The molecule has 0 saturated heterocycles. The van der Waals surface area contributed by atoms with E-state index in [1.54, 1.807) is 12.1 Å². The maximum Gasteiger partial charge on any atom is 0.251 e. The van der Waals surface area contributed by atoms with Gasteiger partial charge in [-0.25, -0.2) is 0 Å². The van der Waals surface area contributed by atoms with Gasteiger partial charge >= 0.3 is 0 Å². The van der Waals surface area contributed by atoms with Crippen LogP contribution in [0.3, 0.4) is 0 Å². The quantitative estimate of drug-likeness (QED) is 0.757. The average molecular weight is 188 g/mol. The van der Waals surface area contributed by atoms with Crippen LogP contribution in [-0.2, 0) is 0 Å². The fourth-order valence-corrected chi connectivity index (χ4v) is 1.87. The van der Waals surface area contributed by atoms with Crippen molar-refractivity contribution < 1.29 is 4.79 Å². The highest BCUT2D eigenvalue weighted by molar-refractivity contribution is 5.94. The summed E-state index contributed by atoms with van der Waals surface area (Å²) in [6, 6.07) is 10.5. The number of carbonyl (C=O) groups excluding carboxylic acids is 1. The number of hydrogen-bond donors (Lipinski definition) is 1. The molecule has 0 heterocycles. The Kier molecular flexibility index (Phi) is 2.82. The third-order valence-electron chi connectivity index (χ3n) is 2.66. The lowest BCUT2D eigenvalue weighted by Gasteiger charge is -2.11. The van der Waals surface area contributed by atoms with E-state index in [4.69, 9.17) is 0 Å². The highest BCUT2D eigenvalue weighted by atomic mass is 16.1. The zero-order chi connectivity index (χ0) is 9.80. The largest absolute Gasteiger partial charge is 0.349 e. The fraction of sp³-hybridized carbons (Fsp3) is 0.417. The van der Waals surface area contributed by atoms with Crippen molar-refractivity contribution >= 4 is 5.91 Å². The van der Waals surface area contributed by atoms with Crippen LogP contribution in [-0.4, -0.2) is 11.9 Å². The number of carbonyl (C=O) groups is 1. The van der Waals surface area contributed by atoms with Crippen LogP contribution in [0.1, 0.15) is 36.0 Å². The van der Waals surface area contributed by atoms with Crippen molar-refractivity contribution in [2.24, 2.45) is 0 Å². The zero-order valence-corrected chi connectivity index (χ0v) is 8.12. The van der Waals surface area contributed by atoms with Gasteiger partial charge in [0.15, 0.2) is 0 Å². The summed E-state index contributed by atoms with van der Waals surface area (Å²) in [6.45, 7) is 0. The van der Waals surface area contributed by atoms with Crippen molar-refractivity contribution in [1.82, 2.24) is 5.32 Å². The molecule has 0 unspecified atom stereocenters. The van der Waals surface area contributed by atoms with Crippen LogP contribution in [0.15, 0.2) is 24.3 Å². The van der Waals surface area contributed by atoms with Gasteiger partial charge in [0.25, 0.3) is 5.91 Å². The number of nitrogens with one attached hydrogen (secondary N) is 1. The lowest BCUT2D eigenvalue weighted by molar-refractivity contribution is 0.0938. The Morgan fingerprint density at radius 1 is 1.43 bits per heavy atom. The van der Waals surface area contributed by atoms with Crippen molar-refractivity contribution in [3.63, 3.8) is 0 Å². The summed E-state index contributed by atoms with van der Waals surface area (Å²) in [4.78, 5) is 11.7. The molecular formula is C12H14NO. The summed E-state index contributed by atoms with van der Waals surface area (Å²) in [5, 5.41) is 3.04. The molecule has 2 rings (SSSR count). The van der Waals surface area contributed by atoms with Gasteiger partial charge in [0.05, 0.1) is 0 Å². The lowest BCUT2D eigenvalue weighted by atomic mass is 10.2. The Bertz CT molecular complexity index is 301. The summed E-state index contributed by atoms with van der Waals surface area (Å²) >= 11 is 0. The van der Waals surface area contributed by atoms with Crippen LogP contribution in [0.2, 0.25) is 0 Å². The van der Waals surface area contributed by atoms with E-state index in [-0.39, 0.29) is 5.91 Å². The summed E-state index contributed by atoms with van der Waals surface area (Å²) in [6.07, 6.45) is 4.74. The van der Waals surface area contributed by atoms with E-state index < -0.39 is 0 Å². The minimum atomic E-state index is 0.0359. The molecule has 1 fully saturated rings. The third-order valence-corrected chi connectivity index (χ3v) is 2.66. The molecule has 1 aromatic carbocycles. The Morgan fingerprint density at radius 2 is 2.21 bits per heavy atom. The molecule has 2 nitrogen and oxygen atoms in total. The molecule has 73 valence electrons. The van der Waals surface area contributed by atoms with Crippen molar-refractivity contribution in [2.45, 2.75) is 31.7 Å². The Balaban J connectivity index is 1.95. The summed E-state index contributed by atoms with van der Waals surface area (Å²) in [5.74, 6) is 0.0359. The molecule has 0 spiro atoms. The van der Waals surface area contributed by atoms with Gasteiger partial charge in [-0.3, -0.25) is 4.79 Å². The van der Waals surface area contributed by atoms with E-state index in [2.05, 4.69) is 11.4 Å². The second-order valence-corrected chi connectivity index (χ2v) is 3.75. The lowest BCUT2D eigenvalue weighted by Crippen LogP contribution is -2.32. The maximum absolute atomic E-state index is 11.7. The first-order valence-electron chi connectivity index (χ1n) is 5.13. The van der Waals surface area contributed by atoms with Crippen LogP contribution >= 0.6 is 0 Å². The van der Waals surface area contributed by atoms with Gasteiger partial charge in [0.1, 0.15) is 0 Å². The first-order valence-corrected chi connectivity index (χ1v) is 5.13. The molecule has 0 aliphatic heterocycles. The van der Waals surface area contributed by atoms with E-state index in [1.807, 2.05) is 12.1 Å². The molecule has 1 amide bonds. The first-order chi connectivity index (χ1) is 6.86. The van der Waals surface area contributed by atoms with Gasteiger partial charge in [0.2, 0.25) is 0 Å². The first kappa shape index (κ1) is 9.25. The molecule has 1 aliphatic carbocycles. The van der Waals surface area contributed by atoms with Crippen molar-refractivity contribution in [1.29, 1.82) is 0 Å². The predicted molar refractivity (Wildman–Crippen MR) is 55.0 cm³/mol. The summed E-state index contributed by atoms with van der Waals surface area (Å²) < 4.78 is 0. The highest BCUT2D eigenvalue weighted by Crippen LogP contribution is 2.17. The number of amides is 1. The third kappa shape index (κ3) is 2.13. The molecule has 0 aromatic heterocycles. The Morgan fingerprint density at radius 3 is 2.86 bits per heavy atom. The van der Waals surface area contributed by atoms with Crippen molar-refractivity contribution in [3.05, 3.63) is 35.9 Å². The van der Waals surface area contributed by atoms with Crippen LogP contribution in [0.5, 0.6) is 0 Å². The molecular weight excluding hydrogens is 174 g/mol. The van der Waals surface area contributed by atoms with E-state index in [9.17, 15) is 4.79 Å². The van der Waals surface area contributed by atoms with Crippen molar-refractivity contribution in [2.75, 3.05) is 0 Å². The molecule has 1 aromatic rings. The highest BCUT2D eigenvalue weighted by Gasteiger charge is 2.17. The molecule has 1 aliphatic rings. The Hall–Kier alpha value is -1.31. The van der Waals surface area contributed by atoms with E-state index >= 15 is 0 Å². The zero-order valence-electron chi connectivity index (χ0n) is 8.12. The topological polar surface area (TPSA) is 29.1 Å². The SMILES string of the molecule is O=C(NC1CCCC1)c1c[c]ccc1. The second kappa shape index (κ2) is 4.27. The number of rotatable bonds is 2. The van der Waals surface area contributed by atoms with Gasteiger partial charge in [0, 0.05) is 11.6 Å². The second-order valence-electron chi connectivity index (χ2n) is 3.75. The van der Waals surface area contributed by atoms with Crippen LogP contribution in [0.4, 0.5) is 0 Å². The van der Waals surface area contributed by atoms with Crippen molar-refractivity contribution in [3.8, 4) is 0 Å². The average Bonchev–Trinajstić information content (AvgIpc) is 2.72. The number of hydrogen-bond acceptors (Lipinski definition) is 1. The molecule has 1 N–H and O–H groups in total. The molecule has 2 heteroatoms. The molecule has 1 saturated carbocycles. The molecule has 0 atom stereocenters. The van der Waals surface area contributed by atoms with Crippen LogP contribution in [0.25, 0.3) is 0 Å². The normalized spacial score (nSPS) is 16.9. The standard InChI is InChI=1S/C12H14NO/c14-12(10-6-2-1-3-7-10)13-11-8-4-5-9-11/h1-2,6-7,11H,4-5,8-9H2,(H,13,14). The van der Waals surface area contributed by atoms with Gasteiger partial charge in [-0.05, 0) is 31.0 Å². The Labute approximate surface area is 84.3 Å². The van der Waals surface area contributed by atoms with Gasteiger partial charge in [-0.15, -0.1) is 0 Å². The van der Waals surface area contributed by atoms with Gasteiger partial charge in [-0.2, -0.15) is 0 Å². The predicted octanol–water partition coefficient (Wildman–Crippen LogP) is 2.16. The maximum atomic E-state index is 11.7. The van der Waals surface area contributed by atoms with E-state index in [0.717, 1.165) is 12.8 Å². The van der Waals surface area contributed by atoms with Crippen LogP contribution in [0, 0.1) is 6.07 Å².